The molecular weight excluding hydrogens is 372 g/mol. The van der Waals surface area contributed by atoms with Gasteiger partial charge in [0.25, 0.3) is 0 Å². The van der Waals surface area contributed by atoms with Crippen LogP contribution in [-0.2, 0) is 4.79 Å². The zero-order chi connectivity index (χ0) is 19.5. The minimum Gasteiger partial charge on any atom is -0.355 e. The molecule has 0 aliphatic carbocycles. The van der Waals surface area contributed by atoms with Gasteiger partial charge in [-0.05, 0) is 44.4 Å². The van der Waals surface area contributed by atoms with Crippen molar-refractivity contribution in [2.24, 2.45) is 5.92 Å². The van der Waals surface area contributed by atoms with Crippen LogP contribution in [0.1, 0.15) is 23.4 Å². The molecule has 1 aliphatic rings. The molecule has 144 valence electrons. The van der Waals surface area contributed by atoms with Gasteiger partial charge in [0.05, 0.1) is 5.69 Å². The van der Waals surface area contributed by atoms with Gasteiger partial charge in [-0.2, -0.15) is 0 Å². The van der Waals surface area contributed by atoms with Crippen molar-refractivity contribution >= 4 is 28.2 Å². The molecule has 3 heterocycles. The molecule has 0 bridgehead atoms. The maximum Gasteiger partial charge on any atom is 0.229 e. The largest absolute Gasteiger partial charge is 0.355 e. The van der Waals surface area contributed by atoms with Crippen LogP contribution in [0, 0.1) is 19.8 Å². The number of carbonyl (C=O) groups excluding carboxylic acids is 1. The first kappa shape index (κ1) is 18.5. The van der Waals surface area contributed by atoms with Crippen molar-refractivity contribution in [3.8, 4) is 11.3 Å². The van der Waals surface area contributed by atoms with Crippen molar-refractivity contribution in [2.45, 2.75) is 26.7 Å². The van der Waals surface area contributed by atoms with E-state index in [2.05, 4.69) is 49.7 Å². The summed E-state index contributed by atoms with van der Waals surface area (Å²) in [5.74, 6) is 0.868. The van der Waals surface area contributed by atoms with Crippen LogP contribution in [0.15, 0.2) is 36.4 Å². The fourth-order valence-electron chi connectivity index (χ4n) is 3.42. The number of nitrogens with one attached hydrogen (secondary N) is 1. The summed E-state index contributed by atoms with van der Waals surface area (Å²) in [6.07, 6.45) is 1.57. The molecule has 1 aromatic carbocycles. The second-order valence-electron chi connectivity index (χ2n) is 6.97. The normalized spacial score (nSPS) is 14.9. The van der Waals surface area contributed by atoms with E-state index in [1.165, 1.54) is 16.9 Å². The Bertz CT molecular complexity index is 963. The lowest BCUT2D eigenvalue weighted by molar-refractivity contribution is -0.120. The predicted octanol–water partition coefficient (Wildman–Crippen LogP) is 3.47. The van der Waals surface area contributed by atoms with E-state index in [1.54, 1.807) is 0 Å². The van der Waals surface area contributed by atoms with E-state index in [-0.39, 0.29) is 11.8 Å². The monoisotopic (exact) mass is 394 g/mol. The minimum atomic E-state index is -0.0142. The summed E-state index contributed by atoms with van der Waals surface area (Å²) in [7, 11) is 0. The van der Waals surface area contributed by atoms with Crippen molar-refractivity contribution in [1.29, 1.82) is 0 Å². The molecule has 1 N–H and O–H groups in total. The molecule has 1 fully saturated rings. The van der Waals surface area contributed by atoms with Crippen molar-refractivity contribution in [2.75, 3.05) is 23.3 Å². The van der Waals surface area contributed by atoms with Gasteiger partial charge < -0.3 is 10.2 Å². The number of piperidine rings is 1. The van der Waals surface area contributed by atoms with Crippen LogP contribution in [0.25, 0.3) is 11.3 Å². The van der Waals surface area contributed by atoms with E-state index in [4.69, 9.17) is 0 Å². The predicted molar refractivity (Wildman–Crippen MR) is 110 cm³/mol. The fourth-order valence-corrected chi connectivity index (χ4v) is 4.02. The summed E-state index contributed by atoms with van der Waals surface area (Å²) in [6, 6.07) is 12.2. The van der Waals surface area contributed by atoms with Crippen LogP contribution in [0.2, 0.25) is 0 Å². The molecule has 0 spiro atoms. The Hall–Kier alpha value is -2.87. The molecule has 3 aromatic rings. The van der Waals surface area contributed by atoms with Gasteiger partial charge in [0, 0.05) is 24.6 Å². The first-order valence-corrected chi connectivity index (χ1v) is 10.2. The number of aromatic nitrogens is 4. The molecule has 0 saturated carbocycles. The number of hydrogen-bond acceptors (Lipinski definition) is 7. The van der Waals surface area contributed by atoms with Gasteiger partial charge in [-0.3, -0.25) is 4.79 Å². The third kappa shape index (κ3) is 4.01. The molecule has 2 aromatic heterocycles. The SMILES string of the molecule is Cc1nnc(NC(=O)C2CCN(c3ccc(-c4ccccc4C)nn3)CC2)s1. The Morgan fingerprint density at radius 1 is 1.04 bits per heavy atom. The lowest BCUT2D eigenvalue weighted by atomic mass is 9.96. The number of hydrogen-bond donors (Lipinski definition) is 1. The number of nitrogens with zero attached hydrogens (tertiary/aromatic N) is 5. The molecule has 0 radical (unpaired) electrons. The number of rotatable bonds is 4. The van der Waals surface area contributed by atoms with Gasteiger partial charge >= 0.3 is 0 Å². The van der Waals surface area contributed by atoms with Crippen LogP contribution in [0.4, 0.5) is 10.9 Å². The third-order valence-electron chi connectivity index (χ3n) is 5.02. The molecule has 1 saturated heterocycles. The summed E-state index contributed by atoms with van der Waals surface area (Å²) < 4.78 is 0. The van der Waals surface area contributed by atoms with E-state index in [0.29, 0.717) is 5.13 Å². The average molecular weight is 395 g/mol. The maximum absolute atomic E-state index is 12.4. The van der Waals surface area contributed by atoms with Crippen LogP contribution < -0.4 is 10.2 Å². The molecule has 0 atom stereocenters. The Morgan fingerprint density at radius 3 is 2.46 bits per heavy atom. The topological polar surface area (TPSA) is 83.9 Å². The molecule has 7 nitrogen and oxygen atoms in total. The van der Waals surface area contributed by atoms with E-state index in [9.17, 15) is 4.79 Å². The summed E-state index contributed by atoms with van der Waals surface area (Å²) in [4.78, 5) is 14.6. The molecule has 1 aliphatic heterocycles. The lowest BCUT2D eigenvalue weighted by Crippen LogP contribution is -2.38. The average Bonchev–Trinajstić information content (AvgIpc) is 3.13. The van der Waals surface area contributed by atoms with Crippen molar-refractivity contribution in [1.82, 2.24) is 20.4 Å². The molecule has 4 rings (SSSR count). The van der Waals surface area contributed by atoms with E-state index in [0.717, 1.165) is 48.0 Å². The highest BCUT2D eigenvalue weighted by atomic mass is 32.1. The Morgan fingerprint density at radius 2 is 1.82 bits per heavy atom. The van der Waals surface area contributed by atoms with Crippen molar-refractivity contribution in [3.05, 3.63) is 47.0 Å². The summed E-state index contributed by atoms with van der Waals surface area (Å²) >= 11 is 1.40. The first-order chi connectivity index (χ1) is 13.6. The smallest absolute Gasteiger partial charge is 0.229 e. The van der Waals surface area contributed by atoms with Gasteiger partial charge in [0.2, 0.25) is 11.0 Å². The van der Waals surface area contributed by atoms with Crippen LogP contribution in [0.5, 0.6) is 0 Å². The number of aryl methyl sites for hydroxylation is 2. The van der Waals surface area contributed by atoms with Crippen molar-refractivity contribution < 1.29 is 4.79 Å². The minimum absolute atomic E-state index is 0.0142. The summed E-state index contributed by atoms with van der Waals surface area (Å²) in [5, 5.41) is 21.0. The van der Waals surface area contributed by atoms with Gasteiger partial charge in [-0.25, -0.2) is 0 Å². The zero-order valence-electron chi connectivity index (χ0n) is 15.9. The van der Waals surface area contributed by atoms with Gasteiger partial charge in [-0.15, -0.1) is 20.4 Å². The van der Waals surface area contributed by atoms with Gasteiger partial charge in [-0.1, -0.05) is 35.6 Å². The van der Waals surface area contributed by atoms with Crippen LogP contribution >= 0.6 is 11.3 Å². The van der Waals surface area contributed by atoms with Crippen molar-refractivity contribution in [3.63, 3.8) is 0 Å². The second kappa shape index (κ2) is 8.02. The van der Waals surface area contributed by atoms with Crippen LogP contribution in [0.3, 0.4) is 0 Å². The van der Waals surface area contributed by atoms with E-state index < -0.39 is 0 Å². The van der Waals surface area contributed by atoms with E-state index >= 15 is 0 Å². The summed E-state index contributed by atoms with van der Waals surface area (Å²) in [5.41, 5.74) is 3.16. The standard InChI is InChI=1S/C20H22N6OS/c1-13-5-3-4-6-16(13)17-7-8-18(24-23-17)26-11-9-15(10-12-26)19(27)21-20-25-22-14(2)28-20/h3-8,15H,9-12H2,1-2H3,(H,21,25,27). The molecule has 28 heavy (non-hydrogen) atoms. The fraction of sp³-hybridized carbons (Fsp3) is 0.350. The Labute approximate surface area is 167 Å². The number of anilines is 2. The molecule has 0 unspecified atom stereocenters. The zero-order valence-corrected chi connectivity index (χ0v) is 16.7. The summed E-state index contributed by atoms with van der Waals surface area (Å²) in [6.45, 7) is 5.51. The Balaban J connectivity index is 1.36. The highest BCUT2D eigenvalue weighted by molar-refractivity contribution is 7.15. The number of benzene rings is 1. The second-order valence-corrected chi connectivity index (χ2v) is 8.15. The number of carbonyl (C=O) groups is 1. The maximum atomic E-state index is 12.4. The Kier molecular flexibility index (Phi) is 5.29. The van der Waals surface area contributed by atoms with Gasteiger partial charge in [0.15, 0.2) is 5.82 Å². The van der Waals surface area contributed by atoms with E-state index in [1.807, 2.05) is 31.2 Å². The van der Waals surface area contributed by atoms with Crippen LogP contribution in [-0.4, -0.2) is 39.4 Å². The quantitative estimate of drug-likeness (QED) is 0.729. The third-order valence-corrected chi connectivity index (χ3v) is 5.77. The molecule has 8 heteroatoms. The molecule has 1 amide bonds. The molecular formula is C20H22N6OS. The highest BCUT2D eigenvalue weighted by Gasteiger charge is 2.26. The first-order valence-electron chi connectivity index (χ1n) is 9.36. The highest BCUT2D eigenvalue weighted by Crippen LogP contribution is 2.26. The number of amides is 1. The lowest BCUT2D eigenvalue weighted by Gasteiger charge is -2.31. The van der Waals surface area contributed by atoms with Gasteiger partial charge in [0.1, 0.15) is 5.01 Å².